The lowest BCUT2D eigenvalue weighted by Gasteiger charge is -2.22. The monoisotopic (exact) mass is 613 g/mol. The summed E-state index contributed by atoms with van der Waals surface area (Å²) >= 11 is 0. The Kier molecular flexibility index (Phi) is 9.91. The zero-order valence-electron chi connectivity index (χ0n) is 27.4. The van der Waals surface area contributed by atoms with Gasteiger partial charge in [-0.15, -0.1) is 0 Å². The summed E-state index contributed by atoms with van der Waals surface area (Å²) in [5, 5.41) is 4.80. The van der Waals surface area contributed by atoms with Crippen molar-refractivity contribution in [2.24, 2.45) is 0 Å². The molecule has 0 saturated heterocycles. The fourth-order valence-corrected chi connectivity index (χ4v) is 15.4. The topological polar surface area (TPSA) is 35.5 Å². The van der Waals surface area contributed by atoms with Crippen molar-refractivity contribution in [1.29, 1.82) is 0 Å². The maximum atomic E-state index is 14.3. The molecular weight excluding hydrogens is 568 g/mol. The Morgan fingerprint density at radius 2 is 0.548 bits per heavy atom. The van der Waals surface area contributed by atoms with Gasteiger partial charge in [-0.1, -0.05) is 70.8 Å². The molecule has 0 fully saturated rings. The highest BCUT2D eigenvalue weighted by atomic mass is 31.1. The second-order valence-electron chi connectivity index (χ2n) is 12.4. The van der Waals surface area contributed by atoms with E-state index in [1.807, 2.05) is 0 Å². The average molecular weight is 614 g/mol. The Balaban J connectivity index is 1.86. The summed E-state index contributed by atoms with van der Waals surface area (Å²) in [7, 11) is -7.22. The molecule has 0 heterocycles. The van der Waals surface area contributed by atoms with Crippen LogP contribution in [0.2, 0.25) is 0 Å². The molecule has 0 radical (unpaired) electrons. The number of rotatable bonds is 8. The third-order valence-electron chi connectivity index (χ3n) is 8.38. The fourth-order valence-electron chi connectivity index (χ4n) is 7.12. The van der Waals surface area contributed by atoms with Crippen molar-refractivity contribution in [3.63, 3.8) is 0 Å². The molecule has 0 spiro atoms. The van der Waals surface area contributed by atoms with Crippen molar-refractivity contribution in [2.45, 2.75) is 83.1 Å². The Morgan fingerprint density at radius 3 is 0.714 bits per heavy atom. The summed E-state index contributed by atoms with van der Waals surface area (Å²) in [6, 6.07) is 17.7. The van der Waals surface area contributed by atoms with E-state index in [4.69, 9.17) is 8.43 Å². The lowest BCUT2D eigenvalue weighted by atomic mass is 10.1. The first-order chi connectivity index (χ1) is 19.7. The predicted octanol–water partition coefficient (Wildman–Crippen LogP) is 6.45. The highest BCUT2D eigenvalue weighted by molar-refractivity contribution is 7.38. The Morgan fingerprint density at radius 1 is 0.381 bits per heavy atom. The molecule has 0 aliphatic heterocycles. The molecule has 0 atom stereocenters. The molecule has 0 amide bonds. The van der Waals surface area contributed by atoms with E-state index in [-0.39, 0.29) is 0 Å². The number of hydrogen-bond donors (Lipinski definition) is 0. The molecule has 4 aromatic rings. The van der Waals surface area contributed by atoms with Crippen LogP contribution in [0.15, 0.2) is 48.5 Å². The molecule has 0 aromatic heterocycles. The van der Waals surface area contributed by atoms with E-state index in [9.17, 15) is 4.57 Å². The molecular formula is C36H46O3PSi2+. The van der Waals surface area contributed by atoms with E-state index in [0.29, 0.717) is 0 Å². The zero-order valence-corrected chi connectivity index (χ0v) is 30.6. The van der Waals surface area contributed by atoms with Crippen LogP contribution in [-0.2, 0) is 13.0 Å². The third-order valence-corrected chi connectivity index (χ3v) is 17.2. The quantitative estimate of drug-likeness (QED) is 0.169. The van der Waals surface area contributed by atoms with Gasteiger partial charge in [0, 0.05) is 4.57 Å². The SMILES string of the molecule is Cc1cc(C)c([SiH](O[P+](=O)O[SiH](c2c(C)cc(C)cc2C)c2c(C)cc(C)cc2C)c2c(C)cc(C)cc2C)c(C)c1. The van der Waals surface area contributed by atoms with Gasteiger partial charge in [0.2, 0.25) is 0 Å². The summed E-state index contributed by atoms with van der Waals surface area (Å²) in [6.45, 7) is 25.7. The van der Waals surface area contributed by atoms with E-state index >= 15 is 0 Å². The van der Waals surface area contributed by atoms with Gasteiger partial charge in [-0.2, -0.15) is 8.43 Å². The molecule has 6 heteroatoms. The van der Waals surface area contributed by atoms with Crippen LogP contribution in [0.25, 0.3) is 0 Å². The molecule has 0 bridgehead atoms. The molecule has 0 aliphatic carbocycles. The van der Waals surface area contributed by atoms with E-state index in [1.165, 1.54) is 87.5 Å². The zero-order chi connectivity index (χ0) is 31.0. The van der Waals surface area contributed by atoms with E-state index < -0.39 is 26.3 Å². The van der Waals surface area contributed by atoms with Gasteiger partial charge in [0.15, 0.2) is 0 Å². The highest BCUT2D eigenvalue weighted by Crippen LogP contribution is 2.29. The van der Waals surface area contributed by atoms with E-state index in [0.717, 1.165) is 0 Å². The molecule has 0 unspecified atom stereocenters. The largest absolute Gasteiger partial charge is 0.674 e. The average Bonchev–Trinajstić information content (AvgIpc) is 2.81. The van der Waals surface area contributed by atoms with Crippen LogP contribution >= 0.6 is 8.25 Å². The molecule has 0 N–H and O–H groups in total. The van der Waals surface area contributed by atoms with Gasteiger partial charge >= 0.3 is 26.3 Å². The summed E-state index contributed by atoms with van der Waals surface area (Å²) in [6.07, 6.45) is 0. The maximum absolute atomic E-state index is 14.3. The molecule has 0 aliphatic rings. The minimum absolute atomic E-state index is 1.19. The van der Waals surface area contributed by atoms with Gasteiger partial charge in [-0.25, -0.2) is 0 Å². The van der Waals surface area contributed by atoms with Gasteiger partial charge in [-0.3, -0.25) is 0 Å². The molecule has 4 aromatic carbocycles. The first-order valence-electron chi connectivity index (χ1n) is 14.8. The number of benzene rings is 4. The summed E-state index contributed by atoms with van der Waals surface area (Å²) < 4.78 is 27.8. The van der Waals surface area contributed by atoms with E-state index in [1.54, 1.807) is 0 Å². The van der Waals surface area contributed by atoms with Crippen LogP contribution < -0.4 is 20.7 Å². The van der Waals surface area contributed by atoms with Gasteiger partial charge in [0.25, 0.3) is 0 Å². The first kappa shape index (κ1) is 32.3. The smallest absolute Gasteiger partial charge is 0.169 e. The van der Waals surface area contributed by atoms with Crippen LogP contribution in [-0.4, -0.2) is 18.1 Å². The number of aryl methyl sites for hydroxylation is 12. The first-order valence-corrected chi connectivity index (χ1v) is 19.1. The Bertz CT molecular complexity index is 1360. The molecule has 220 valence electrons. The van der Waals surface area contributed by atoms with Gasteiger partial charge in [0.1, 0.15) is 0 Å². The molecule has 0 saturated carbocycles. The summed E-state index contributed by atoms with van der Waals surface area (Å²) in [5.41, 5.74) is 14.4. The van der Waals surface area contributed by atoms with Crippen molar-refractivity contribution in [1.82, 2.24) is 0 Å². The third kappa shape index (κ3) is 6.77. The van der Waals surface area contributed by atoms with Crippen molar-refractivity contribution in [3.05, 3.63) is 115 Å². The lowest BCUT2D eigenvalue weighted by molar-refractivity contribution is 0.432. The maximum Gasteiger partial charge on any atom is 0.674 e. The van der Waals surface area contributed by atoms with Crippen LogP contribution in [0, 0.1) is 83.1 Å². The van der Waals surface area contributed by atoms with Crippen LogP contribution in [0.5, 0.6) is 0 Å². The second-order valence-corrected chi connectivity index (χ2v) is 18.4. The summed E-state index contributed by atoms with van der Waals surface area (Å²) in [4.78, 5) is 0. The molecule has 42 heavy (non-hydrogen) atoms. The van der Waals surface area contributed by atoms with Gasteiger partial charge in [0.05, 0.1) is 0 Å². The Labute approximate surface area is 257 Å². The highest BCUT2D eigenvalue weighted by Gasteiger charge is 2.41. The van der Waals surface area contributed by atoms with Crippen molar-refractivity contribution >= 4 is 47.1 Å². The normalized spacial score (nSPS) is 11.6. The Hall–Kier alpha value is -2.67. The van der Waals surface area contributed by atoms with Crippen molar-refractivity contribution < 1.29 is 13.0 Å². The predicted molar refractivity (Wildman–Crippen MR) is 185 cm³/mol. The lowest BCUT2D eigenvalue weighted by Crippen LogP contribution is -2.50. The standard InChI is InChI=1S/C36H46O3PSi2/c1-21-13-25(5)33(26(6)14-21)41(34-27(7)15-22(2)16-28(34)8)38-40(37)39-42(35-29(9)17-23(3)18-30(35)10)36-31(11)19-24(4)20-32(36)12/h13-20,41-42H,1-12H3/q+1. The number of hydrogen-bond acceptors (Lipinski definition) is 3. The minimum atomic E-state index is -2.41. The van der Waals surface area contributed by atoms with Gasteiger partial charge in [-0.05, 0) is 148 Å². The molecule has 3 nitrogen and oxygen atoms in total. The van der Waals surface area contributed by atoms with Crippen LogP contribution in [0.3, 0.4) is 0 Å². The van der Waals surface area contributed by atoms with Crippen molar-refractivity contribution in [3.8, 4) is 0 Å². The molecule has 4 rings (SSSR count). The van der Waals surface area contributed by atoms with Crippen molar-refractivity contribution in [2.75, 3.05) is 0 Å². The summed E-state index contributed by atoms with van der Waals surface area (Å²) in [5.74, 6) is 0. The fraction of sp³-hybridized carbons (Fsp3) is 0.333. The second kappa shape index (κ2) is 12.9. The van der Waals surface area contributed by atoms with E-state index in [2.05, 4.69) is 132 Å². The van der Waals surface area contributed by atoms with Gasteiger partial charge < -0.3 is 0 Å². The van der Waals surface area contributed by atoms with Crippen LogP contribution in [0.1, 0.15) is 66.8 Å². The van der Waals surface area contributed by atoms with Crippen LogP contribution in [0.4, 0.5) is 0 Å². The minimum Gasteiger partial charge on any atom is -0.169 e.